The molecular weight excluding hydrogens is 248 g/mol. The fourth-order valence-corrected chi connectivity index (χ4v) is 1.81. The van der Waals surface area contributed by atoms with Gasteiger partial charge >= 0.3 is 5.69 Å². The number of nitrogens with zero attached hydrogens (tertiary/aromatic N) is 4. The van der Waals surface area contributed by atoms with Crippen LogP contribution in [0.15, 0.2) is 12.4 Å². The van der Waals surface area contributed by atoms with E-state index in [9.17, 15) is 14.9 Å². The quantitative estimate of drug-likeness (QED) is 0.580. The maximum absolute atomic E-state index is 12.2. The summed E-state index contributed by atoms with van der Waals surface area (Å²) in [7, 11) is 0. The van der Waals surface area contributed by atoms with Crippen molar-refractivity contribution in [3.8, 4) is 0 Å². The molecule has 0 bridgehead atoms. The Bertz CT molecular complexity index is 456. The van der Waals surface area contributed by atoms with Crippen molar-refractivity contribution in [2.24, 2.45) is 5.92 Å². The first-order valence-electron chi connectivity index (χ1n) is 6.33. The highest BCUT2D eigenvalue weighted by Gasteiger charge is 2.22. The van der Waals surface area contributed by atoms with Gasteiger partial charge in [-0.1, -0.05) is 13.8 Å². The van der Waals surface area contributed by atoms with Gasteiger partial charge in [-0.25, -0.2) is 0 Å². The van der Waals surface area contributed by atoms with Gasteiger partial charge in [0, 0.05) is 12.6 Å². The Hall–Kier alpha value is -1.92. The van der Waals surface area contributed by atoms with Crippen molar-refractivity contribution in [3.05, 3.63) is 22.5 Å². The molecule has 0 aliphatic carbocycles. The van der Waals surface area contributed by atoms with Crippen molar-refractivity contribution in [2.45, 2.75) is 40.3 Å². The van der Waals surface area contributed by atoms with Crippen molar-refractivity contribution in [1.29, 1.82) is 0 Å². The van der Waals surface area contributed by atoms with Crippen LogP contribution in [-0.2, 0) is 11.3 Å². The van der Waals surface area contributed by atoms with E-state index in [4.69, 9.17) is 0 Å². The van der Waals surface area contributed by atoms with Crippen LogP contribution in [-0.4, -0.2) is 38.1 Å². The predicted octanol–water partition coefficient (Wildman–Crippen LogP) is 1.68. The SMILES string of the molecule is CCN(C(=O)Cn1cc([N+](=O)[O-])cn1)[C@H](C)C(C)C. The molecule has 7 nitrogen and oxygen atoms in total. The number of nitro groups is 1. The molecule has 1 rings (SSSR count). The molecule has 7 heteroatoms. The largest absolute Gasteiger partial charge is 0.338 e. The van der Waals surface area contributed by atoms with Gasteiger partial charge in [0.25, 0.3) is 0 Å². The topological polar surface area (TPSA) is 81.3 Å². The minimum atomic E-state index is -0.525. The highest BCUT2D eigenvalue weighted by Crippen LogP contribution is 2.12. The smallest absolute Gasteiger partial charge is 0.307 e. The number of amides is 1. The number of likely N-dealkylation sites (N-methyl/N-ethyl adjacent to an activating group) is 1. The minimum absolute atomic E-state index is 0.0265. The number of carbonyl (C=O) groups excluding carboxylic acids is 1. The van der Waals surface area contributed by atoms with Gasteiger partial charge in [0.2, 0.25) is 5.91 Å². The third kappa shape index (κ3) is 3.77. The van der Waals surface area contributed by atoms with E-state index in [1.54, 1.807) is 4.90 Å². The fraction of sp³-hybridized carbons (Fsp3) is 0.667. The number of aromatic nitrogens is 2. The zero-order valence-corrected chi connectivity index (χ0v) is 11.7. The van der Waals surface area contributed by atoms with Crippen molar-refractivity contribution < 1.29 is 9.72 Å². The molecule has 1 aromatic rings. The zero-order chi connectivity index (χ0) is 14.6. The maximum Gasteiger partial charge on any atom is 0.307 e. The molecule has 0 fully saturated rings. The van der Waals surface area contributed by atoms with Crippen LogP contribution in [0.4, 0.5) is 5.69 Å². The second-order valence-corrected chi connectivity index (χ2v) is 4.82. The van der Waals surface area contributed by atoms with Crippen LogP contribution in [0.3, 0.4) is 0 Å². The summed E-state index contributed by atoms with van der Waals surface area (Å²) in [6.07, 6.45) is 2.42. The zero-order valence-electron chi connectivity index (χ0n) is 11.7. The summed E-state index contributed by atoms with van der Waals surface area (Å²) in [6, 6.07) is 0.128. The van der Waals surface area contributed by atoms with Crippen molar-refractivity contribution in [3.63, 3.8) is 0 Å². The second-order valence-electron chi connectivity index (χ2n) is 4.82. The first-order valence-corrected chi connectivity index (χ1v) is 6.33. The molecule has 19 heavy (non-hydrogen) atoms. The van der Waals surface area contributed by atoms with E-state index in [2.05, 4.69) is 18.9 Å². The van der Waals surface area contributed by atoms with Crippen molar-refractivity contribution >= 4 is 11.6 Å². The van der Waals surface area contributed by atoms with Crippen LogP contribution < -0.4 is 0 Å². The van der Waals surface area contributed by atoms with Gasteiger partial charge in [0.05, 0.1) is 4.92 Å². The molecule has 0 aliphatic rings. The van der Waals surface area contributed by atoms with Crippen LogP contribution in [0, 0.1) is 16.0 Å². The summed E-state index contributed by atoms with van der Waals surface area (Å²) in [5, 5.41) is 14.4. The minimum Gasteiger partial charge on any atom is -0.338 e. The van der Waals surface area contributed by atoms with Crippen LogP contribution >= 0.6 is 0 Å². The predicted molar refractivity (Wildman–Crippen MR) is 70.6 cm³/mol. The molecule has 0 unspecified atom stereocenters. The Morgan fingerprint density at radius 2 is 2.16 bits per heavy atom. The summed E-state index contributed by atoms with van der Waals surface area (Å²) in [4.78, 5) is 23.9. The number of carbonyl (C=O) groups is 1. The van der Waals surface area contributed by atoms with Crippen molar-refractivity contribution in [1.82, 2.24) is 14.7 Å². The average Bonchev–Trinajstić information content (AvgIpc) is 2.78. The van der Waals surface area contributed by atoms with Crippen LogP contribution in [0.2, 0.25) is 0 Å². The summed E-state index contributed by atoms with van der Waals surface area (Å²) in [5.74, 6) is 0.276. The molecule has 0 saturated carbocycles. The van der Waals surface area contributed by atoms with Gasteiger partial charge in [0.15, 0.2) is 0 Å². The maximum atomic E-state index is 12.2. The van der Waals surface area contributed by atoms with E-state index in [-0.39, 0.29) is 24.2 Å². The third-order valence-corrected chi connectivity index (χ3v) is 3.25. The lowest BCUT2D eigenvalue weighted by molar-refractivity contribution is -0.385. The molecular formula is C12H20N4O3. The highest BCUT2D eigenvalue weighted by molar-refractivity contribution is 5.76. The standard InChI is InChI=1S/C12H20N4O3/c1-5-15(10(4)9(2)3)12(17)8-14-7-11(6-13-14)16(18)19/h6-7,9-10H,5,8H2,1-4H3/t10-/m1/s1. The molecule has 1 amide bonds. The Balaban J connectivity index is 2.73. The van der Waals surface area contributed by atoms with Crippen molar-refractivity contribution in [2.75, 3.05) is 6.54 Å². The Morgan fingerprint density at radius 3 is 2.58 bits per heavy atom. The summed E-state index contributed by atoms with van der Waals surface area (Å²) >= 11 is 0. The molecule has 0 radical (unpaired) electrons. The fourth-order valence-electron chi connectivity index (χ4n) is 1.81. The van der Waals surface area contributed by atoms with E-state index in [1.165, 1.54) is 10.9 Å². The summed E-state index contributed by atoms with van der Waals surface area (Å²) in [5.41, 5.74) is -0.104. The average molecular weight is 268 g/mol. The Labute approximate surface area is 112 Å². The Morgan fingerprint density at radius 1 is 1.53 bits per heavy atom. The van der Waals surface area contributed by atoms with Gasteiger partial charge in [-0.3, -0.25) is 19.6 Å². The Kier molecular flexibility index (Phi) is 5.02. The summed E-state index contributed by atoms with van der Waals surface area (Å²) < 4.78 is 1.30. The molecule has 0 aromatic carbocycles. The molecule has 1 aromatic heterocycles. The molecule has 1 atom stereocenters. The van der Waals surface area contributed by atoms with E-state index in [0.29, 0.717) is 12.5 Å². The lowest BCUT2D eigenvalue weighted by Crippen LogP contribution is -2.43. The number of hydrogen-bond donors (Lipinski definition) is 0. The molecule has 0 saturated heterocycles. The molecule has 0 spiro atoms. The molecule has 0 aliphatic heterocycles. The second kappa shape index (κ2) is 6.31. The van der Waals surface area contributed by atoms with Gasteiger partial charge in [-0.15, -0.1) is 0 Å². The number of rotatable bonds is 6. The lowest BCUT2D eigenvalue weighted by Gasteiger charge is -2.30. The van der Waals surface area contributed by atoms with E-state index < -0.39 is 4.92 Å². The van der Waals surface area contributed by atoms with E-state index in [1.807, 2.05) is 13.8 Å². The van der Waals surface area contributed by atoms with Crippen LogP contribution in [0.25, 0.3) is 0 Å². The van der Waals surface area contributed by atoms with Crippen LogP contribution in [0.5, 0.6) is 0 Å². The molecule has 0 N–H and O–H groups in total. The van der Waals surface area contributed by atoms with E-state index >= 15 is 0 Å². The summed E-state index contributed by atoms with van der Waals surface area (Å²) in [6.45, 7) is 8.67. The van der Waals surface area contributed by atoms with Gasteiger partial charge < -0.3 is 4.90 Å². The normalized spacial score (nSPS) is 12.5. The molecule has 1 heterocycles. The van der Waals surface area contributed by atoms with Crippen LogP contribution in [0.1, 0.15) is 27.7 Å². The number of hydrogen-bond acceptors (Lipinski definition) is 4. The lowest BCUT2D eigenvalue weighted by atomic mass is 10.0. The first kappa shape index (κ1) is 15.1. The van der Waals surface area contributed by atoms with Gasteiger partial charge in [0.1, 0.15) is 18.9 Å². The monoisotopic (exact) mass is 268 g/mol. The van der Waals surface area contributed by atoms with E-state index in [0.717, 1.165) is 6.20 Å². The van der Waals surface area contributed by atoms with Gasteiger partial charge in [-0.2, -0.15) is 5.10 Å². The van der Waals surface area contributed by atoms with Gasteiger partial charge in [-0.05, 0) is 19.8 Å². The third-order valence-electron chi connectivity index (χ3n) is 3.25. The first-order chi connectivity index (χ1) is 8.86. The highest BCUT2D eigenvalue weighted by atomic mass is 16.6. The molecule has 106 valence electrons.